The number of esters is 1. The third-order valence-electron chi connectivity index (χ3n) is 1.41. The first-order chi connectivity index (χ1) is 5.45. The van der Waals surface area contributed by atoms with Crippen molar-refractivity contribution in [1.29, 1.82) is 0 Å². The Morgan fingerprint density at radius 1 is 1.58 bits per heavy atom. The zero-order chi connectivity index (χ0) is 9.72. The third-order valence-corrected chi connectivity index (χ3v) is 1.41. The van der Waals surface area contributed by atoms with Gasteiger partial charge in [-0.3, -0.25) is 4.79 Å². The van der Waals surface area contributed by atoms with Gasteiger partial charge in [-0.2, -0.15) is 0 Å². The second kappa shape index (κ2) is 4.54. The minimum absolute atomic E-state index is 0.0521. The molecule has 0 fully saturated rings. The van der Waals surface area contributed by atoms with E-state index in [4.69, 9.17) is 5.11 Å². The molecule has 1 unspecified atom stereocenters. The van der Waals surface area contributed by atoms with Crippen molar-refractivity contribution in [3.63, 3.8) is 0 Å². The minimum Gasteiger partial charge on any atom is -0.478 e. The fraction of sp³-hybridized carbons (Fsp3) is 0.500. The van der Waals surface area contributed by atoms with Crippen LogP contribution in [0, 0.1) is 5.92 Å². The van der Waals surface area contributed by atoms with Gasteiger partial charge in [0, 0.05) is 18.4 Å². The van der Waals surface area contributed by atoms with Crippen molar-refractivity contribution in [1.82, 2.24) is 0 Å². The average Bonchev–Trinajstić information content (AvgIpc) is 1.98. The van der Waals surface area contributed by atoms with Crippen LogP contribution in [0.25, 0.3) is 0 Å². The number of carboxylic acids is 1. The highest BCUT2D eigenvalue weighted by atomic mass is 16.5. The molecule has 0 amide bonds. The largest absolute Gasteiger partial charge is 0.478 e. The van der Waals surface area contributed by atoms with Gasteiger partial charge in [-0.1, -0.05) is 13.5 Å². The van der Waals surface area contributed by atoms with E-state index in [9.17, 15) is 9.59 Å². The number of hydrogen-bond acceptors (Lipinski definition) is 3. The van der Waals surface area contributed by atoms with Gasteiger partial charge in [0.1, 0.15) is 0 Å². The summed E-state index contributed by atoms with van der Waals surface area (Å²) < 4.78 is 4.61. The molecule has 0 aliphatic rings. The molecule has 1 atom stereocenters. The summed E-state index contributed by atoms with van der Waals surface area (Å²) >= 11 is 0. The van der Waals surface area contributed by atoms with Crippen LogP contribution in [0.1, 0.15) is 13.8 Å². The lowest BCUT2D eigenvalue weighted by Gasteiger charge is -2.10. The van der Waals surface area contributed by atoms with E-state index in [0.717, 1.165) is 0 Å². The van der Waals surface area contributed by atoms with E-state index in [1.807, 2.05) is 0 Å². The predicted molar refractivity (Wildman–Crippen MR) is 42.6 cm³/mol. The van der Waals surface area contributed by atoms with Crippen molar-refractivity contribution in [2.75, 3.05) is 6.61 Å². The van der Waals surface area contributed by atoms with E-state index in [1.165, 1.54) is 6.92 Å². The maximum absolute atomic E-state index is 10.3. The van der Waals surface area contributed by atoms with Gasteiger partial charge in [0.25, 0.3) is 0 Å². The third kappa shape index (κ3) is 3.75. The van der Waals surface area contributed by atoms with Gasteiger partial charge in [-0.25, -0.2) is 4.79 Å². The molecule has 0 spiro atoms. The van der Waals surface area contributed by atoms with Crippen LogP contribution in [-0.2, 0) is 14.3 Å². The lowest BCUT2D eigenvalue weighted by atomic mass is 10.0. The van der Waals surface area contributed by atoms with Crippen LogP contribution < -0.4 is 0 Å². The molecule has 68 valence electrons. The molecule has 0 aromatic rings. The molecule has 0 rings (SSSR count). The van der Waals surface area contributed by atoms with Gasteiger partial charge in [0.2, 0.25) is 0 Å². The maximum Gasteiger partial charge on any atom is 0.331 e. The van der Waals surface area contributed by atoms with E-state index in [-0.39, 0.29) is 18.1 Å². The first-order valence-corrected chi connectivity index (χ1v) is 3.50. The van der Waals surface area contributed by atoms with Crippen LogP contribution in [0.3, 0.4) is 0 Å². The van der Waals surface area contributed by atoms with Crippen LogP contribution in [0.5, 0.6) is 0 Å². The summed E-state index contributed by atoms with van der Waals surface area (Å²) in [6.45, 7) is 6.32. The lowest BCUT2D eigenvalue weighted by molar-refractivity contribution is -0.143. The molecule has 0 aliphatic heterocycles. The molecular weight excluding hydrogens is 160 g/mol. The number of hydrogen-bond donors (Lipinski definition) is 1. The molecule has 0 saturated carbocycles. The highest BCUT2D eigenvalue weighted by Gasteiger charge is 2.14. The molecule has 0 heterocycles. The molecule has 1 N–H and O–H groups in total. The van der Waals surface area contributed by atoms with Crippen molar-refractivity contribution in [2.24, 2.45) is 5.92 Å². The Hall–Kier alpha value is -1.32. The first kappa shape index (κ1) is 10.7. The van der Waals surface area contributed by atoms with Gasteiger partial charge in [-0.15, -0.1) is 0 Å². The Labute approximate surface area is 70.8 Å². The number of carbonyl (C=O) groups excluding carboxylic acids is 1. The van der Waals surface area contributed by atoms with Gasteiger partial charge >= 0.3 is 11.9 Å². The standard InChI is InChI=1S/C8H12O4/c1-5(4-12-7(3)9)6(2)8(10)11/h5H,2,4H2,1,3H3,(H,10,11). The van der Waals surface area contributed by atoms with Crippen LogP contribution in [0.2, 0.25) is 0 Å². The minimum atomic E-state index is -1.06. The molecule has 12 heavy (non-hydrogen) atoms. The molecule has 0 radical (unpaired) electrons. The van der Waals surface area contributed by atoms with Gasteiger partial charge in [-0.05, 0) is 0 Å². The number of carbonyl (C=O) groups is 2. The topological polar surface area (TPSA) is 63.6 Å². The van der Waals surface area contributed by atoms with Crippen LogP contribution in [0.4, 0.5) is 0 Å². The summed E-state index contributed by atoms with van der Waals surface area (Å²) in [4.78, 5) is 20.7. The zero-order valence-corrected chi connectivity index (χ0v) is 7.16. The monoisotopic (exact) mass is 172 g/mol. The molecule has 4 heteroatoms. The number of ether oxygens (including phenoxy) is 1. The van der Waals surface area contributed by atoms with Crippen molar-refractivity contribution in [3.05, 3.63) is 12.2 Å². The van der Waals surface area contributed by atoms with E-state index < -0.39 is 11.9 Å². The van der Waals surface area contributed by atoms with E-state index in [2.05, 4.69) is 11.3 Å². The second-order valence-electron chi connectivity index (χ2n) is 2.53. The molecule has 0 aromatic carbocycles. The normalized spacial score (nSPS) is 11.8. The summed E-state index contributed by atoms with van der Waals surface area (Å²) in [5.74, 6) is -1.82. The number of aliphatic carboxylic acids is 1. The van der Waals surface area contributed by atoms with Crippen LogP contribution in [0.15, 0.2) is 12.2 Å². The molecule has 0 bridgehead atoms. The first-order valence-electron chi connectivity index (χ1n) is 3.50. The number of rotatable bonds is 4. The maximum atomic E-state index is 10.3. The molecular formula is C8H12O4. The Bertz CT molecular complexity index is 207. The SMILES string of the molecule is C=C(C(=O)O)C(C)COC(C)=O. The summed E-state index contributed by atoms with van der Waals surface area (Å²) in [5.41, 5.74) is 0.0521. The van der Waals surface area contributed by atoms with Crippen molar-refractivity contribution >= 4 is 11.9 Å². The van der Waals surface area contributed by atoms with Crippen LogP contribution in [-0.4, -0.2) is 23.7 Å². The lowest BCUT2D eigenvalue weighted by Crippen LogP contribution is -2.15. The fourth-order valence-electron chi connectivity index (χ4n) is 0.554. The molecule has 0 saturated heterocycles. The smallest absolute Gasteiger partial charge is 0.331 e. The van der Waals surface area contributed by atoms with E-state index >= 15 is 0 Å². The van der Waals surface area contributed by atoms with E-state index in [0.29, 0.717) is 0 Å². The zero-order valence-electron chi connectivity index (χ0n) is 7.16. The Morgan fingerprint density at radius 3 is 2.42 bits per heavy atom. The summed E-state index contributed by atoms with van der Waals surface area (Å²) in [7, 11) is 0. The Balaban J connectivity index is 3.87. The highest BCUT2D eigenvalue weighted by Crippen LogP contribution is 2.08. The van der Waals surface area contributed by atoms with Gasteiger partial charge < -0.3 is 9.84 Å². The van der Waals surface area contributed by atoms with Crippen molar-refractivity contribution in [2.45, 2.75) is 13.8 Å². The van der Waals surface area contributed by atoms with Crippen LogP contribution >= 0.6 is 0 Å². The Morgan fingerprint density at radius 2 is 2.08 bits per heavy atom. The molecule has 4 nitrogen and oxygen atoms in total. The summed E-state index contributed by atoms with van der Waals surface area (Å²) in [6, 6.07) is 0. The Kier molecular flexibility index (Phi) is 4.04. The number of carboxylic acid groups (broad SMARTS) is 1. The van der Waals surface area contributed by atoms with Gasteiger partial charge in [0.05, 0.1) is 6.61 Å². The van der Waals surface area contributed by atoms with Crippen molar-refractivity contribution in [3.8, 4) is 0 Å². The molecule has 0 aliphatic carbocycles. The second-order valence-corrected chi connectivity index (χ2v) is 2.53. The molecule has 0 aromatic heterocycles. The van der Waals surface area contributed by atoms with Crippen molar-refractivity contribution < 1.29 is 19.4 Å². The highest BCUT2D eigenvalue weighted by molar-refractivity contribution is 5.86. The van der Waals surface area contributed by atoms with Gasteiger partial charge in [0.15, 0.2) is 0 Å². The quantitative estimate of drug-likeness (QED) is 0.503. The predicted octanol–water partition coefficient (Wildman–Crippen LogP) is 0.826. The summed E-state index contributed by atoms with van der Waals surface area (Å²) in [5, 5.41) is 8.48. The average molecular weight is 172 g/mol. The fourth-order valence-corrected chi connectivity index (χ4v) is 0.554. The summed E-state index contributed by atoms with van der Waals surface area (Å²) in [6.07, 6.45) is 0. The van der Waals surface area contributed by atoms with E-state index in [1.54, 1.807) is 6.92 Å².